The Morgan fingerprint density at radius 2 is 2.05 bits per heavy atom. The van der Waals surface area contributed by atoms with E-state index in [4.69, 9.17) is 22.1 Å². The van der Waals surface area contributed by atoms with Gasteiger partial charge in [-0.3, -0.25) is 4.90 Å². The molecule has 3 atom stereocenters. The molecule has 0 bridgehead atoms. The van der Waals surface area contributed by atoms with Crippen molar-refractivity contribution in [3.05, 3.63) is 34.6 Å². The van der Waals surface area contributed by atoms with Gasteiger partial charge in [-0.2, -0.15) is 0 Å². The van der Waals surface area contributed by atoms with Crippen molar-refractivity contribution in [3.8, 4) is 0 Å². The standard InChI is InChI=1S/C14H20ClFN2O/c1-9-7-18(8-10(2)19-9)14(6-17)12-4-3-11(16)5-13(12)15/h3-5,9-10,14H,6-8,17H2,1-2H3/t9-,10+,14?. The van der Waals surface area contributed by atoms with Gasteiger partial charge in [-0.15, -0.1) is 0 Å². The molecule has 1 aromatic rings. The molecule has 0 radical (unpaired) electrons. The fourth-order valence-electron chi connectivity index (χ4n) is 2.72. The SMILES string of the molecule is C[C@@H]1CN(C(CN)c2ccc(F)cc2Cl)C[C@H](C)O1. The lowest BCUT2D eigenvalue weighted by Crippen LogP contribution is -2.48. The van der Waals surface area contributed by atoms with Crippen LogP contribution in [0.15, 0.2) is 18.2 Å². The van der Waals surface area contributed by atoms with E-state index in [0.717, 1.165) is 18.7 Å². The molecule has 0 saturated carbocycles. The third-order valence-electron chi connectivity index (χ3n) is 3.43. The Morgan fingerprint density at radius 3 is 2.58 bits per heavy atom. The van der Waals surface area contributed by atoms with Crippen LogP contribution in [0.1, 0.15) is 25.5 Å². The quantitative estimate of drug-likeness (QED) is 0.928. The normalized spacial score (nSPS) is 26.4. The molecule has 1 heterocycles. The topological polar surface area (TPSA) is 38.5 Å². The van der Waals surface area contributed by atoms with Gasteiger partial charge in [-0.1, -0.05) is 17.7 Å². The Bertz CT molecular complexity index is 433. The summed E-state index contributed by atoms with van der Waals surface area (Å²) in [4.78, 5) is 2.26. The molecular weight excluding hydrogens is 267 g/mol. The second-order valence-corrected chi connectivity index (χ2v) is 5.54. The highest BCUT2D eigenvalue weighted by molar-refractivity contribution is 6.31. The molecule has 1 aliphatic heterocycles. The lowest BCUT2D eigenvalue weighted by atomic mass is 10.0. The Labute approximate surface area is 118 Å². The zero-order valence-corrected chi connectivity index (χ0v) is 12.0. The molecule has 1 aliphatic rings. The van der Waals surface area contributed by atoms with Gasteiger partial charge >= 0.3 is 0 Å². The lowest BCUT2D eigenvalue weighted by molar-refractivity contribution is -0.0799. The molecule has 1 fully saturated rings. The number of nitrogens with zero attached hydrogens (tertiary/aromatic N) is 1. The molecule has 1 saturated heterocycles. The summed E-state index contributed by atoms with van der Waals surface area (Å²) in [5, 5.41) is 0.433. The average Bonchev–Trinajstić information content (AvgIpc) is 2.31. The summed E-state index contributed by atoms with van der Waals surface area (Å²) in [5.41, 5.74) is 6.78. The minimum atomic E-state index is -0.326. The van der Waals surface area contributed by atoms with Gasteiger partial charge in [0.15, 0.2) is 0 Å². The van der Waals surface area contributed by atoms with E-state index < -0.39 is 0 Å². The first kappa shape index (κ1) is 14.7. The predicted octanol–water partition coefficient (Wildman–Crippen LogP) is 2.59. The highest BCUT2D eigenvalue weighted by atomic mass is 35.5. The average molecular weight is 287 g/mol. The van der Waals surface area contributed by atoms with Crippen LogP contribution in [0.2, 0.25) is 5.02 Å². The van der Waals surface area contributed by atoms with E-state index >= 15 is 0 Å². The molecular formula is C14H20ClFN2O. The Balaban J connectivity index is 2.23. The Hall–Kier alpha value is -0.680. The third kappa shape index (κ3) is 3.45. The molecule has 2 N–H and O–H groups in total. The van der Waals surface area contributed by atoms with E-state index in [1.807, 2.05) is 13.8 Å². The fourth-order valence-corrected chi connectivity index (χ4v) is 3.01. The summed E-state index contributed by atoms with van der Waals surface area (Å²) in [6.07, 6.45) is 0.328. The highest BCUT2D eigenvalue weighted by Crippen LogP contribution is 2.29. The van der Waals surface area contributed by atoms with Crippen molar-refractivity contribution >= 4 is 11.6 Å². The fraction of sp³-hybridized carbons (Fsp3) is 0.571. The second kappa shape index (κ2) is 6.18. The van der Waals surface area contributed by atoms with Crippen LogP contribution >= 0.6 is 11.6 Å². The number of hydrogen-bond acceptors (Lipinski definition) is 3. The van der Waals surface area contributed by atoms with Crippen LogP contribution in [-0.4, -0.2) is 36.7 Å². The van der Waals surface area contributed by atoms with Crippen LogP contribution in [0, 0.1) is 5.82 Å². The van der Waals surface area contributed by atoms with Gasteiger partial charge in [-0.25, -0.2) is 4.39 Å². The van der Waals surface area contributed by atoms with Gasteiger partial charge in [0.25, 0.3) is 0 Å². The summed E-state index contributed by atoms with van der Waals surface area (Å²) in [6.45, 7) is 6.15. The van der Waals surface area contributed by atoms with Crippen LogP contribution in [0.3, 0.4) is 0 Å². The first-order valence-corrected chi connectivity index (χ1v) is 6.93. The summed E-state index contributed by atoms with van der Waals surface area (Å²) in [6, 6.07) is 4.49. The maximum Gasteiger partial charge on any atom is 0.124 e. The van der Waals surface area contributed by atoms with Crippen molar-refractivity contribution in [3.63, 3.8) is 0 Å². The van der Waals surface area contributed by atoms with Crippen LogP contribution in [-0.2, 0) is 4.74 Å². The van der Waals surface area contributed by atoms with Crippen LogP contribution < -0.4 is 5.73 Å². The van der Waals surface area contributed by atoms with E-state index in [1.165, 1.54) is 12.1 Å². The third-order valence-corrected chi connectivity index (χ3v) is 3.76. The molecule has 0 aromatic heterocycles. The van der Waals surface area contributed by atoms with Gasteiger partial charge in [0.05, 0.1) is 12.2 Å². The highest BCUT2D eigenvalue weighted by Gasteiger charge is 2.29. The zero-order chi connectivity index (χ0) is 14.0. The molecule has 1 aromatic carbocycles. The number of rotatable bonds is 3. The van der Waals surface area contributed by atoms with Crippen LogP contribution in [0.25, 0.3) is 0 Å². The summed E-state index contributed by atoms with van der Waals surface area (Å²) < 4.78 is 18.9. The monoisotopic (exact) mass is 286 g/mol. The maximum absolute atomic E-state index is 13.1. The van der Waals surface area contributed by atoms with Gasteiger partial charge in [0.1, 0.15) is 5.82 Å². The molecule has 0 amide bonds. The number of nitrogens with two attached hydrogens (primary N) is 1. The minimum absolute atomic E-state index is 0.00176. The lowest BCUT2D eigenvalue weighted by Gasteiger charge is -2.40. The maximum atomic E-state index is 13.1. The molecule has 0 spiro atoms. The van der Waals surface area contributed by atoms with E-state index in [-0.39, 0.29) is 24.1 Å². The van der Waals surface area contributed by atoms with Gasteiger partial charge in [0, 0.05) is 30.7 Å². The Kier molecular flexibility index (Phi) is 4.79. The number of hydrogen-bond donors (Lipinski definition) is 1. The summed E-state index contributed by atoms with van der Waals surface area (Å²) in [7, 11) is 0. The van der Waals surface area contributed by atoms with Crippen molar-refractivity contribution in [2.45, 2.75) is 32.1 Å². The van der Waals surface area contributed by atoms with Crippen LogP contribution in [0.5, 0.6) is 0 Å². The van der Waals surface area contributed by atoms with Crippen molar-refractivity contribution in [1.29, 1.82) is 0 Å². The van der Waals surface area contributed by atoms with Crippen molar-refractivity contribution in [1.82, 2.24) is 4.90 Å². The van der Waals surface area contributed by atoms with Crippen molar-refractivity contribution < 1.29 is 9.13 Å². The molecule has 2 rings (SSSR count). The number of morpholine rings is 1. The molecule has 106 valence electrons. The second-order valence-electron chi connectivity index (χ2n) is 5.13. The number of halogens is 2. The predicted molar refractivity (Wildman–Crippen MR) is 74.8 cm³/mol. The minimum Gasteiger partial charge on any atom is -0.373 e. The molecule has 5 heteroatoms. The van der Waals surface area contributed by atoms with Crippen molar-refractivity contribution in [2.75, 3.05) is 19.6 Å². The molecule has 1 unspecified atom stereocenters. The smallest absolute Gasteiger partial charge is 0.124 e. The van der Waals surface area contributed by atoms with E-state index in [1.54, 1.807) is 6.07 Å². The Morgan fingerprint density at radius 1 is 1.42 bits per heavy atom. The first-order valence-electron chi connectivity index (χ1n) is 6.55. The molecule has 3 nitrogen and oxygen atoms in total. The number of benzene rings is 1. The van der Waals surface area contributed by atoms with E-state index in [2.05, 4.69) is 4.90 Å². The number of ether oxygens (including phenoxy) is 1. The molecule has 19 heavy (non-hydrogen) atoms. The van der Waals surface area contributed by atoms with E-state index in [9.17, 15) is 4.39 Å². The molecule has 0 aliphatic carbocycles. The summed E-state index contributed by atoms with van der Waals surface area (Å²) in [5.74, 6) is -0.326. The van der Waals surface area contributed by atoms with Gasteiger partial charge in [-0.05, 0) is 31.5 Å². The zero-order valence-electron chi connectivity index (χ0n) is 11.3. The van der Waals surface area contributed by atoms with Gasteiger partial charge in [0.2, 0.25) is 0 Å². The van der Waals surface area contributed by atoms with E-state index in [0.29, 0.717) is 11.6 Å². The first-order chi connectivity index (χ1) is 9.01. The van der Waals surface area contributed by atoms with Crippen molar-refractivity contribution in [2.24, 2.45) is 5.73 Å². The van der Waals surface area contributed by atoms with Crippen LogP contribution in [0.4, 0.5) is 4.39 Å². The van der Waals surface area contributed by atoms with Gasteiger partial charge < -0.3 is 10.5 Å². The largest absolute Gasteiger partial charge is 0.373 e. The summed E-state index contributed by atoms with van der Waals surface area (Å²) >= 11 is 6.14.